The maximum atomic E-state index is 12.7. The molecule has 0 N–H and O–H groups in total. The van der Waals surface area contributed by atoms with Crippen LogP contribution in [0.25, 0.3) is 0 Å². The molecular formula is C15H21N3O2S2. The average Bonchev–Trinajstić information content (AvgIpc) is 3.17. The summed E-state index contributed by atoms with van der Waals surface area (Å²) in [5.41, 5.74) is 0. The number of rotatable bonds is 1. The van der Waals surface area contributed by atoms with E-state index in [1.54, 1.807) is 19.0 Å². The van der Waals surface area contributed by atoms with Gasteiger partial charge in [0, 0.05) is 39.5 Å². The van der Waals surface area contributed by atoms with Crippen molar-refractivity contribution in [2.75, 3.05) is 39.5 Å². The van der Waals surface area contributed by atoms with Gasteiger partial charge in [-0.3, -0.25) is 4.79 Å². The Balaban J connectivity index is 1.71. The van der Waals surface area contributed by atoms with Crippen molar-refractivity contribution in [1.82, 2.24) is 14.7 Å². The summed E-state index contributed by atoms with van der Waals surface area (Å²) < 4.78 is 0. The molecule has 2 saturated heterocycles. The van der Waals surface area contributed by atoms with E-state index in [1.807, 2.05) is 39.1 Å². The molecule has 0 radical (unpaired) electrons. The lowest BCUT2D eigenvalue weighted by Crippen LogP contribution is -2.54. The molecule has 120 valence electrons. The standard InChI is InChI=1S/C15H21N3O2S2/c1-16(2)14(20)17-7-5-15(6-8-17)18(9-11-22-15)13(19)12-4-3-10-21-12/h3-4,10H,5-9,11H2,1-2H3. The number of amides is 3. The number of nitrogens with zero attached hydrogens (tertiary/aromatic N) is 3. The molecule has 0 saturated carbocycles. The number of thiophene rings is 1. The van der Waals surface area contributed by atoms with Crippen LogP contribution >= 0.6 is 23.1 Å². The van der Waals surface area contributed by atoms with Gasteiger partial charge in [-0.2, -0.15) is 0 Å². The zero-order valence-corrected chi connectivity index (χ0v) is 14.6. The third kappa shape index (κ3) is 2.72. The molecule has 3 heterocycles. The van der Waals surface area contributed by atoms with E-state index < -0.39 is 0 Å². The molecule has 3 rings (SSSR count). The molecule has 5 nitrogen and oxygen atoms in total. The second-order valence-electron chi connectivity index (χ2n) is 5.89. The fraction of sp³-hybridized carbons (Fsp3) is 0.600. The molecule has 0 aliphatic carbocycles. The molecule has 0 atom stereocenters. The number of thioether (sulfide) groups is 1. The fourth-order valence-electron chi connectivity index (χ4n) is 3.17. The first kappa shape index (κ1) is 15.7. The Labute approximate surface area is 139 Å². The fourth-order valence-corrected chi connectivity index (χ4v) is 5.30. The maximum Gasteiger partial charge on any atom is 0.319 e. The van der Waals surface area contributed by atoms with E-state index in [2.05, 4.69) is 0 Å². The van der Waals surface area contributed by atoms with Crippen molar-refractivity contribution in [2.45, 2.75) is 17.7 Å². The van der Waals surface area contributed by atoms with Gasteiger partial charge in [0.2, 0.25) is 0 Å². The van der Waals surface area contributed by atoms with Crippen molar-refractivity contribution in [1.29, 1.82) is 0 Å². The SMILES string of the molecule is CN(C)C(=O)N1CCC2(CC1)SCCN2C(=O)c1cccs1. The monoisotopic (exact) mass is 339 g/mol. The first-order valence-corrected chi connectivity index (χ1v) is 9.36. The summed E-state index contributed by atoms with van der Waals surface area (Å²) in [7, 11) is 3.56. The van der Waals surface area contributed by atoms with Crippen LogP contribution in [-0.4, -0.2) is 71.0 Å². The minimum absolute atomic E-state index is 0.0639. The zero-order chi connectivity index (χ0) is 15.7. The Morgan fingerprint density at radius 2 is 1.95 bits per heavy atom. The van der Waals surface area contributed by atoms with E-state index in [1.165, 1.54) is 11.3 Å². The van der Waals surface area contributed by atoms with Crippen LogP contribution in [0.1, 0.15) is 22.5 Å². The van der Waals surface area contributed by atoms with Crippen molar-refractivity contribution in [3.63, 3.8) is 0 Å². The van der Waals surface area contributed by atoms with Gasteiger partial charge in [-0.05, 0) is 24.3 Å². The number of urea groups is 1. The second kappa shape index (κ2) is 6.12. The van der Waals surface area contributed by atoms with E-state index in [0.29, 0.717) is 0 Å². The summed E-state index contributed by atoms with van der Waals surface area (Å²) in [5.74, 6) is 1.13. The van der Waals surface area contributed by atoms with Gasteiger partial charge in [0.05, 0.1) is 9.75 Å². The van der Waals surface area contributed by atoms with Gasteiger partial charge >= 0.3 is 6.03 Å². The third-order valence-electron chi connectivity index (χ3n) is 4.35. The highest BCUT2D eigenvalue weighted by Gasteiger charge is 2.47. The van der Waals surface area contributed by atoms with Gasteiger partial charge < -0.3 is 14.7 Å². The van der Waals surface area contributed by atoms with E-state index in [4.69, 9.17) is 0 Å². The first-order valence-electron chi connectivity index (χ1n) is 7.49. The van der Waals surface area contributed by atoms with Crippen molar-refractivity contribution in [2.24, 2.45) is 0 Å². The van der Waals surface area contributed by atoms with Gasteiger partial charge in [0.1, 0.15) is 0 Å². The highest BCUT2D eigenvalue weighted by molar-refractivity contribution is 8.00. The Hall–Kier alpha value is -1.21. The number of hydrogen-bond donors (Lipinski definition) is 0. The quantitative estimate of drug-likeness (QED) is 0.789. The normalized spacial score (nSPS) is 20.5. The lowest BCUT2D eigenvalue weighted by Gasteiger charge is -2.44. The Bertz CT molecular complexity index is 551. The van der Waals surface area contributed by atoms with E-state index >= 15 is 0 Å². The van der Waals surface area contributed by atoms with Gasteiger partial charge in [-0.25, -0.2) is 4.79 Å². The van der Waals surface area contributed by atoms with Crippen molar-refractivity contribution in [3.05, 3.63) is 22.4 Å². The Kier molecular flexibility index (Phi) is 4.36. The summed E-state index contributed by atoms with van der Waals surface area (Å²) in [6, 6.07) is 3.88. The van der Waals surface area contributed by atoms with Gasteiger partial charge in [0.25, 0.3) is 5.91 Å². The zero-order valence-electron chi connectivity index (χ0n) is 12.9. The predicted octanol–water partition coefficient (Wildman–Crippen LogP) is 2.41. The van der Waals surface area contributed by atoms with Crippen molar-refractivity contribution >= 4 is 35.0 Å². The number of carbonyl (C=O) groups is 2. The largest absolute Gasteiger partial charge is 0.331 e. The molecule has 2 aliphatic rings. The summed E-state index contributed by atoms with van der Waals surface area (Å²) >= 11 is 3.38. The van der Waals surface area contributed by atoms with Crippen LogP contribution in [0.2, 0.25) is 0 Å². The minimum Gasteiger partial charge on any atom is -0.331 e. The van der Waals surface area contributed by atoms with Gasteiger partial charge in [0.15, 0.2) is 0 Å². The Morgan fingerprint density at radius 3 is 2.55 bits per heavy atom. The highest BCUT2D eigenvalue weighted by Crippen LogP contribution is 2.44. The summed E-state index contributed by atoms with van der Waals surface area (Å²) in [5, 5.41) is 1.95. The smallest absolute Gasteiger partial charge is 0.319 e. The van der Waals surface area contributed by atoms with Crippen LogP contribution in [0, 0.1) is 0 Å². The van der Waals surface area contributed by atoms with E-state index in [9.17, 15) is 9.59 Å². The topological polar surface area (TPSA) is 43.9 Å². The number of piperidine rings is 1. The molecule has 0 bridgehead atoms. The number of carbonyl (C=O) groups excluding carboxylic acids is 2. The molecule has 7 heteroatoms. The van der Waals surface area contributed by atoms with Crippen LogP contribution in [0.15, 0.2) is 17.5 Å². The molecule has 0 aromatic carbocycles. The van der Waals surface area contributed by atoms with Crippen LogP contribution in [-0.2, 0) is 0 Å². The summed E-state index contributed by atoms with van der Waals surface area (Å²) in [6.45, 7) is 2.25. The molecule has 2 aliphatic heterocycles. The lowest BCUT2D eigenvalue weighted by atomic mass is 10.0. The molecule has 22 heavy (non-hydrogen) atoms. The molecule has 1 aromatic rings. The molecular weight excluding hydrogens is 318 g/mol. The van der Waals surface area contributed by atoms with Gasteiger partial charge in [-0.1, -0.05) is 6.07 Å². The van der Waals surface area contributed by atoms with E-state index in [0.717, 1.165) is 43.1 Å². The molecule has 0 unspecified atom stereocenters. The van der Waals surface area contributed by atoms with E-state index in [-0.39, 0.29) is 16.8 Å². The highest BCUT2D eigenvalue weighted by atomic mass is 32.2. The van der Waals surface area contributed by atoms with Crippen LogP contribution < -0.4 is 0 Å². The number of hydrogen-bond acceptors (Lipinski definition) is 4. The molecule has 3 amide bonds. The van der Waals surface area contributed by atoms with Gasteiger partial charge in [-0.15, -0.1) is 23.1 Å². The van der Waals surface area contributed by atoms with Crippen molar-refractivity contribution < 1.29 is 9.59 Å². The van der Waals surface area contributed by atoms with Crippen molar-refractivity contribution in [3.8, 4) is 0 Å². The second-order valence-corrected chi connectivity index (χ2v) is 8.30. The van der Waals surface area contributed by atoms with Crippen LogP contribution in [0.5, 0.6) is 0 Å². The summed E-state index contributed by atoms with van der Waals surface area (Å²) in [4.78, 5) is 31.1. The summed E-state index contributed by atoms with van der Waals surface area (Å²) in [6.07, 6.45) is 1.71. The lowest BCUT2D eigenvalue weighted by molar-refractivity contribution is 0.0574. The van der Waals surface area contributed by atoms with Crippen LogP contribution in [0.3, 0.4) is 0 Å². The molecule has 1 aromatic heterocycles. The first-order chi connectivity index (χ1) is 10.5. The third-order valence-corrected chi connectivity index (χ3v) is 6.76. The average molecular weight is 339 g/mol. The molecule has 2 fully saturated rings. The molecule has 1 spiro atoms. The maximum absolute atomic E-state index is 12.7. The Morgan fingerprint density at radius 1 is 1.23 bits per heavy atom. The predicted molar refractivity (Wildman–Crippen MR) is 90.4 cm³/mol. The number of likely N-dealkylation sites (tertiary alicyclic amines) is 1. The van der Waals surface area contributed by atoms with Crippen LogP contribution in [0.4, 0.5) is 4.79 Å². The minimum atomic E-state index is -0.121.